The van der Waals surface area contributed by atoms with Crippen LogP contribution in [0.15, 0.2) is 126 Å². The van der Waals surface area contributed by atoms with E-state index in [0.29, 0.717) is 47.3 Å². The summed E-state index contributed by atoms with van der Waals surface area (Å²) in [5, 5.41) is 4.65. The molecule has 1 aliphatic heterocycles. The number of carbonyl (C=O) groups excluding carboxylic acids is 2. The fourth-order valence-corrected chi connectivity index (χ4v) is 18.4. The van der Waals surface area contributed by atoms with Gasteiger partial charge in [-0.1, -0.05) is 40.0 Å². The summed E-state index contributed by atoms with van der Waals surface area (Å²) in [5.74, 6) is 0.935. The van der Waals surface area contributed by atoms with Crippen molar-refractivity contribution in [1.29, 1.82) is 0 Å². The van der Waals surface area contributed by atoms with E-state index in [1.165, 1.54) is 22.3 Å². The summed E-state index contributed by atoms with van der Waals surface area (Å²) in [5.41, 5.74) is 5.65. The zero-order chi connectivity index (χ0) is 45.2. The summed E-state index contributed by atoms with van der Waals surface area (Å²) in [6.45, 7) is 14.1. The Labute approximate surface area is 401 Å². The topological polar surface area (TPSA) is 43.4 Å². The number of hydrogen-bond donors (Lipinski definition) is 0. The quantitative estimate of drug-likeness (QED) is 0.0759. The molecule has 0 amide bonds. The molecule has 0 spiro atoms. The van der Waals surface area contributed by atoms with Gasteiger partial charge in [0.25, 0.3) is 0 Å². The van der Waals surface area contributed by atoms with Gasteiger partial charge in [-0.2, -0.15) is 0 Å². The van der Waals surface area contributed by atoms with Gasteiger partial charge in [-0.15, -0.1) is 0 Å². The molecule has 2 aromatic heterocycles. The van der Waals surface area contributed by atoms with E-state index < -0.39 is 7.26 Å². The molecule has 2 atom stereocenters. The first-order valence-corrected chi connectivity index (χ1v) is 28.1. The van der Waals surface area contributed by atoms with Crippen molar-refractivity contribution in [1.82, 2.24) is 0 Å². The van der Waals surface area contributed by atoms with Crippen molar-refractivity contribution in [2.45, 2.75) is 106 Å². The maximum absolute atomic E-state index is 16.1. The summed E-state index contributed by atoms with van der Waals surface area (Å²) in [4.78, 5) is 35.7. The van der Waals surface area contributed by atoms with E-state index in [2.05, 4.69) is 148 Å². The van der Waals surface area contributed by atoms with Crippen molar-refractivity contribution in [3.63, 3.8) is 0 Å². The Morgan fingerprint density at radius 3 is 1.61 bits per heavy atom. The predicted octanol–water partition coefficient (Wildman–Crippen LogP) is 14.2. The zero-order valence-corrected chi connectivity index (χ0v) is 43.5. The molecule has 64 heavy (non-hydrogen) atoms. The van der Waals surface area contributed by atoms with Gasteiger partial charge in [0.2, 0.25) is 0 Å². The van der Waals surface area contributed by atoms with Crippen LogP contribution in [0.4, 0.5) is 0 Å². The second kappa shape index (κ2) is 22.6. The molecule has 1 aliphatic carbocycles. The molecule has 0 saturated carbocycles. The molecular formula is C57H63O3OsPS2+. The summed E-state index contributed by atoms with van der Waals surface area (Å²) < 4.78 is 10.1. The fraction of sp³-hybridized carbons (Fsp3) is 0.351. The number of ether oxygens (including phenoxy) is 1. The van der Waals surface area contributed by atoms with Gasteiger partial charge in [0.05, 0.1) is 0 Å². The molecule has 7 rings (SSSR count). The Morgan fingerprint density at radius 1 is 0.688 bits per heavy atom. The first-order valence-electron chi connectivity index (χ1n) is 23.4. The standard InChI is InChI=1S/C57H63O3PS2.Os/c1-8-14-26-40(11-4)34-49-52-53(50(62-49)35-41(12-5)27-15-9-2)56(59)54-51(55(52)58)48(25-10-3)63-57(54)47(36-43-38-60-37-42(43)13-6)39(7)61(44-28-19-16-20-29-44,45-30-21-17-22-31-45)46-32-23-18-24-33-46;/h10,13,16-25,28-33,36,40-41H,8-9,11-12,14-15,26-27,34-35,37-38H2,1-6H3;/q+1;/b25-10+,42-13?,43-36?,47-39?;. The Kier molecular flexibility index (Phi) is 17.0. The number of carbonyl (C=O) groups is 2. The van der Waals surface area contributed by atoms with Gasteiger partial charge in [0, 0.05) is 0 Å². The normalized spacial score (nSPS) is 16.6. The van der Waals surface area contributed by atoms with Crippen molar-refractivity contribution in [3.05, 3.63) is 167 Å². The summed E-state index contributed by atoms with van der Waals surface area (Å²) in [6.07, 6.45) is 19.2. The van der Waals surface area contributed by atoms with E-state index in [1.807, 2.05) is 13.0 Å². The molecule has 1 saturated heterocycles. The molecule has 0 N–H and O–H groups in total. The van der Waals surface area contributed by atoms with Crippen LogP contribution in [0.1, 0.15) is 144 Å². The van der Waals surface area contributed by atoms with Crippen molar-refractivity contribution in [2.75, 3.05) is 13.2 Å². The molecule has 333 valence electrons. The monoisotopic (exact) mass is 1080 g/mol. The molecule has 3 nitrogen and oxygen atoms in total. The molecule has 5 aromatic rings. The fourth-order valence-electron chi connectivity index (χ4n) is 9.66. The first-order chi connectivity index (χ1) is 31.3. The number of fused-ring (bicyclic) bond motifs is 2. The van der Waals surface area contributed by atoms with Gasteiger partial charge in [0.1, 0.15) is 0 Å². The van der Waals surface area contributed by atoms with Gasteiger partial charge >= 0.3 is 364 Å². The molecule has 0 bridgehead atoms. The van der Waals surface area contributed by atoms with Gasteiger partial charge in [-0.25, -0.2) is 0 Å². The summed E-state index contributed by atoms with van der Waals surface area (Å²) >= 11 is 5.12. The second-order valence-electron chi connectivity index (χ2n) is 17.1. The molecule has 0 radical (unpaired) electrons. The molecule has 7 heteroatoms. The molecule has 3 heterocycles. The van der Waals surface area contributed by atoms with Gasteiger partial charge < -0.3 is 0 Å². The Bertz CT molecular complexity index is 2510. The average Bonchev–Trinajstić information content (AvgIpc) is 4.06. The van der Waals surface area contributed by atoms with Crippen LogP contribution in [-0.4, -0.2) is 24.8 Å². The number of unbranched alkanes of at least 4 members (excludes halogenated alkanes) is 2. The molecule has 1 fully saturated rings. The second-order valence-corrected chi connectivity index (χ2v) is 23.4. The van der Waals surface area contributed by atoms with Crippen LogP contribution in [0.25, 0.3) is 11.6 Å². The van der Waals surface area contributed by atoms with Crippen LogP contribution in [0.2, 0.25) is 0 Å². The third-order valence-electron chi connectivity index (χ3n) is 13.2. The van der Waals surface area contributed by atoms with Crippen LogP contribution >= 0.6 is 29.9 Å². The third-order valence-corrected chi connectivity index (χ3v) is 21.0. The van der Waals surface area contributed by atoms with Gasteiger partial charge in [-0.05, 0) is 0 Å². The number of rotatable bonds is 19. The minimum atomic E-state index is -2.72. The van der Waals surface area contributed by atoms with E-state index >= 15 is 9.59 Å². The van der Waals surface area contributed by atoms with Gasteiger partial charge in [-0.3, -0.25) is 0 Å². The van der Waals surface area contributed by atoms with E-state index in [4.69, 9.17) is 4.74 Å². The third kappa shape index (κ3) is 9.54. The first kappa shape index (κ1) is 48.1. The van der Waals surface area contributed by atoms with E-state index in [1.54, 1.807) is 40.6 Å². The predicted molar refractivity (Wildman–Crippen MR) is 273 cm³/mol. The summed E-state index contributed by atoms with van der Waals surface area (Å²) in [7, 11) is -2.72. The number of hydrogen-bond acceptors (Lipinski definition) is 5. The van der Waals surface area contributed by atoms with E-state index in [9.17, 15) is 0 Å². The van der Waals surface area contributed by atoms with Crippen LogP contribution in [0, 0.1) is 16.2 Å². The Balaban J connectivity index is 1.60. The van der Waals surface area contributed by atoms with Crippen molar-refractivity contribution in [2.24, 2.45) is 11.8 Å². The van der Waals surface area contributed by atoms with Crippen LogP contribution in [0.3, 0.4) is 0 Å². The molecule has 2 unspecified atom stereocenters. The zero-order valence-electron chi connectivity index (χ0n) is 38.5. The van der Waals surface area contributed by atoms with Crippen molar-refractivity contribution >= 4 is 69.1 Å². The molecule has 3 aromatic carbocycles. The van der Waals surface area contributed by atoms with Gasteiger partial charge in [0.15, 0.2) is 0 Å². The number of benzene rings is 3. The van der Waals surface area contributed by atoms with Crippen LogP contribution in [0.5, 0.6) is 0 Å². The summed E-state index contributed by atoms with van der Waals surface area (Å²) in [6, 6.07) is 32.6. The molecule has 2 aliphatic rings. The van der Waals surface area contributed by atoms with Crippen LogP contribution < -0.4 is 15.9 Å². The Hall–Kier alpha value is -3.83. The number of ketones is 2. The Morgan fingerprint density at radius 2 is 1.17 bits per heavy atom. The van der Waals surface area contributed by atoms with E-state index in [-0.39, 0.29) is 11.6 Å². The number of thiophene rings is 2. The molecular weight excluding hydrogens is 1020 g/mol. The minimum absolute atomic E-state index is 0.00171. The average molecular weight is 1080 g/mol. The number of allylic oxidation sites excluding steroid dienone is 5. The van der Waals surface area contributed by atoms with Crippen molar-refractivity contribution < 1.29 is 32.3 Å². The van der Waals surface area contributed by atoms with Crippen LogP contribution in [-0.2, 0) is 35.5 Å². The van der Waals surface area contributed by atoms with E-state index in [0.717, 1.165) is 99.3 Å². The van der Waals surface area contributed by atoms with Crippen molar-refractivity contribution in [3.8, 4) is 4.37 Å². The SMILES string of the molecule is CC=C1COCC1=CC(=C([C]#[Os])[P+](c1ccccc1)(c1ccccc1)c1ccccc1)c1sc(/C=C/C)c2c1C(=O)c1c(CC(CC)CCCC)sc(CC(CC)CCCC)c1C2=O. The maximum atomic E-state index is 16.1.